The number of fused-ring (bicyclic) bond motifs is 3. The molecule has 1 saturated carbocycles. The SMILES string of the molecule is CCn1c2ccccc2c2cc(C3(O)CC3)ccc21. The van der Waals surface area contributed by atoms with E-state index in [1.165, 1.54) is 21.8 Å². The van der Waals surface area contributed by atoms with Crippen LogP contribution in [0.5, 0.6) is 0 Å². The molecule has 1 aliphatic rings. The number of benzene rings is 2. The lowest BCUT2D eigenvalue weighted by Crippen LogP contribution is -2.03. The van der Waals surface area contributed by atoms with Gasteiger partial charge in [-0.25, -0.2) is 0 Å². The summed E-state index contributed by atoms with van der Waals surface area (Å²) in [6, 6.07) is 14.9. The summed E-state index contributed by atoms with van der Waals surface area (Å²) in [5.41, 5.74) is 3.06. The Kier molecular flexibility index (Phi) is 2.10. The fraction of sp³-hybridized carbons (Fsp3) is 0.294. The average Bonchev–Trinajstić information content (AvgIpc) is 3.12. The van der Waals surface area contributed by atoms with Crippen LogP contribution in [0.2, 0.25) is 0 Å². The molecule has 1 aliphatic carbocycles. The van der Waals surface area contributed by atoms with Gasteiger partial charge in [0.1, 0.15) is 0 Å². The highest BCUT2D eigenvalue weighted by atomic mass is 16.3. The molecule has 0 atom stereocenters. The van der Waals surface area contributed by atoms with E-state index >= 15 is 0 Å². The first-order valence-electron chi connectivity index (χ1n) is 6.97. The molecule has 0 bridgehead atoms. The van der Waals surface area contributed by atoms with Crippen LogP contribution in [0.15, 0.2) is 42.5 Å². The number of para-hydroxylation sites is 1. The van der Waals surface area contributed by atoms with Gasteiger partial charge in [-0.05, 0) is 43.5 Å². The highest BCUT2D eigenvalue weighted by Gasteiger charge is 2.42. The van der Waals surface area contributed by atoms with E-state index in [4.69, 9.17) is 0 Å². The molecule has 0 radical (unpaired) electrons. The molecule has 19 heavy (non-hydrogen) atoms. The fourth-order valence-electron chi connectivity index (χ4n) is 3.09. The van der Waals surface area contributed by atoms with Crippen molar-refractivity contribution in [3.63, 3.8) is 0 Å². The molecule has 0 aliphatic heterocycles. The molecule has 2 nitrogen and oxygen atoms in total. The van der Waals surface area contributed by atoms with Gasteiger partial charge in [0.05, 0.1) is 5.60 Å². The summed E-state index contributed by atoms with van der Waals surface area (Å²) in [4.78, 5) is 0. The van der Waals surface area contributed by atoms with Gasteiger partial charge < -0.3 is 9.67 Å². The maximum atomic E-state index is 10.3. The molecule has 0 amide bonds. The van der Waals surface area contributed by atoms with E-state index in [1.54, 1.807) is 0 Å². The van der Waals surface area contributed by atoms with Crippen molar-refractivity contribution >= 4 is 21.8 Å². The van der Waals surface area contributed by atoms with Gasteiger partial charge in [0.2, 0.25) is 0 Å². The number of hydrogen-bond donors (Lipinski definition) is 1. The monoisotopic (exact) mass is 251 g/mol. The second-order valence-electron chi connectivity index (χ2n) is 5.52. The number of hydrogen-bond acceptors (Lipinski definition) is 1. The van der Waals surface area contributed by atoms with Gasteiger partial charge in [0, 0.05) is 28.4 Å². The summed E-state index contributed by atoms with van der Waals surface area (Å²) in [5, 5.41) is 12.8. The van der Waals surface area contributed by atoms with Crippen molar-refractivity contribution in [1.82, 2.24) is 4.57 Å². The third-order valence-corrected chi connectivity index (χ3v) is 4.35. The number of aromatic nitrogens is 1. The summed E-state index contributed by atoms with van der Waals surface area (Å²) in [6.45, 7) is 3.14. The molecule has 1 fully saturated rings. The Morgan fingerprint density at radius 2 is 1.79 bits per heavy atom. The first kappa shape index (κ1) is 11.1. The molecule has 1 N–H and O–H groups in total. The highest BCUT2D eigenvalue weighted by molar-refractivity contribution is 6.08. The van der Waals surface area contributed by atoms with E-state index in [9.17, 15) is 5.11 Å². The van der Waals surface area contributed by atoms with Crippen LogP contribution in [0.25, 0.3) is 21.8 Å². The summed E-state index contributed by atoms with van der Waals surface area (Å²) >= 11 is 0. The Bertz CT molecular complexity index is 780. The lowest BCUT2D eigenvalue weighted by molar-refractivity contribution is 0.151. The number of rotatable bonds is 2. The smallest absolute Gasteiger partial charge is 0.0899 e. The van der Waals surface area contributed by atoms with E-state index < -0.39 is 5.60 Å². The summed E-state index contributed by atoms with van der Waals surface area (Å²) in [7, 11) is 0. The zero-order chi connectivity index (χ0) is 13.0. The Morgan fingerprint density at radius 3 is 2.53 bits per heavy atom. The standard InChI is InChI=1S/C17H17NO/c1-2-18-15-6-4-3-5-13(15)14-11-12(7-8-16(14)18)17(19)9-10-17/h3-8,11,19H,2,9-10H2,1H3. The van der Waals surface area contributed by atoms with Crippen molar-refractivity contribution in [3.05, 3.63) is 48.0 Å². The van der Waals surface area contributed by atoms with Crippen LogP contribution in [-0.4, -0.2) is 9.67 Å². The molecule has 0 spiro atoms. The van der Waals surface area contributed by atoms with Gasteiger partial charge in [-0.2, -0.15) is 0 Å². The van der Waals surface area contributed by atoms with Crippen molar-refractivity contribution in [2.45, 2.75) is 31.9 Å². The maximum absolute atomic E-state index is 10.3. The van der Waals surface area contributed by atoms with Crippen LogP contribution in [0.3, 0.4) is 0 Å². The Morgan fingerprint density at radius 1 is 1.05 bits per heavy atom. The van der Waals surface area contributed by atoms with Crippen molar-refractivity contribution in [3.8, 4) is 0 Å². The van der Waals surface area contributed by atoms with Gasteiger partial charge in [0.25, 0.3) is 0 Å². The summed E-state index contributed by atoms with van der Waals surface area (Å²) in [6.07, 6.45) is 1.79. The molecule has 3 aromatic rings. The predicted molar refractivity (Wildman–Crippen MR) is 78.2 cm³/mol. The maximum Gasteiger partial charge on any atom is 0.0899 e. The molecule has 2 heteroatoms. The van der Waals surface area contributed by atoms with E-state index in [-0.39, 0.29) is 0 Å². The van der Waals surface area contributed by atoms with Crippen LogP contribution < -0.4 is 0 Å². The van der Waals surface area contributed by atoms with E-state index in [0.717, 1.165) is 24.9 Å². The van der Waals surface area contributed by atoms with E-state index in [2.05, 4.69) is 54.0 Å². The van der Waals surface area contributed by atoms with Crippen molar-refractivity contribution in [1.29, 1.82) is 0 Å². The minimum absolute atomic E-state index is 0.552. The van der Waals surface area contributed by atoms with Crippen molar-refractivity contribution < 1.29 is 5.11 Å². The summed E-state index contributed by atoms with van der Waals surface area (Å²) < 4.78 is 2.34. The topological polar surface area (TPSA) is 25.2 Å². The van der Waals surface area contributed by atoms with E-state index in [0.29, 0.717) is 0 Å². The van der Waals surface area contributed by atoms with Crippen LogP contribution in [0, 0.1) is 0 Å². The average molecular weight is 251 g/mol. The van der Waals surface area contributed by atoms with E-state index in [1.807, 2.05) is 0 Å². The number of nitrogens with zero attached hydrogens (tertiary/aromatic N) is 1. The van der Waals surface area contributed by atoms with Crippen LogP contribution >= 0.6 is 0 Å². The Balaban J connectivity index is 2.10. The van der Waals surface area contributed by atoms with Gasteiger partial charge >= 0.3 is 0 Å². The summed E-state index contributed by atoms with van der Waals surface area (Å²) in [5.74, 6) is 0. The lowest BCUT2D eigenvalue weighted by Gasteiger charge is -2.08. The third-order valence-electron chi connectivity index (χ3n) is 4.35. The van der Waals surface area contributed by atoms with Crippen molar-refractivity contribution in [2.24, 2.45) is 0 Å². The number of aryl methyl sites for hydroxylation is 1. The largest absolute Gasteiger partial charge is 0.385 e. The number of aliphatic hydroxyl groups is 1. The molecule has 4 rings (SSSR count). The van der Waals surface area contributed by atoms with Gasteiger partial charge in [-0.3, -0.25) is 0 Å². The normalized spacial score (nSPS) is 17.2. The van der Waals surface area contributed by atoms with Crippen LogP contribution in [0.4, 0.5) is 0 Å². The molecule has 0 unspecified atom stereocenters. The molecular formula is C17H17NO. The van der Waals surface area contributed by atoms with Gasteiger partial charge in [-0.1, -0.05) is 24.3 Å². The van der Waals surface area contributed by atoms with Crippen LogP contribution in [-0.2, 0) is 12.1 Å². The molecule has 1 aromatic heterocycles. The molecule has 2 aromatic carbocycles. The Hall–Kier alpha value is -1.80. The highest BCUT2D eigenvalue weighted by Crippen LogP contribution is 2.46. The minimum atomic E-state index is -0.552. The molecule has 1 heterocycles. The quantitative estimate of drug-likeness (QED) is 0.736. The van der Waals surface area contributed by atoms with Gasteiger partial charge in [0.15, 0.2) is 0 Å². The third kappa shape index (κ3) is 1.47. The van der Waals surface area contributed by atoms with Gasteiger partial charge in [-0.15, -0.1) is 0 Å². The molecule has 0 saturated heterocycles. The second kappa shape index (κ2) is 3.61. The first-order valence-corrected chi connectivity index (χ1v) is 6.97. The molecular weight excluding hydrogens is 234 g/mol. The zero-order valence-electron chi connectivity index (χ0n) is 11.1. The van der Waals surface area contributed by atoms with Crippen LogP contribution in [0.1, 0.15) is 25.3 Å². The second-order valence-corrected chi connectivity index (χ2v) is 5.52. The predicted octanol–water partition coefficient (Wildman–Crippen LogP) is 3.80. The minimum Gasteiger partial charge on any atom is -0.385 e. The lowest BCUT2D eigenvalue weighted by atomic mass is 10.0. The Labute approximate surface area is 112 Å². The zero-order valence-corrected chi connectivity index (χ0v) is 11.1. The molecule has 96 valence electrons. The fourth-order valence-corrected chi connectivity index (χ4v) is 3.09. The van der Waals surface area contributed by atoms with Crippen molar-refractivity contribution in [2.75, 3.05) is 0 Å². The first-order chi connectivity index (χ1) is 9.23.